The second-order valence-electron chi connectivity index (χ2n) is 10.3. The Morgan fingerprint density at radius 3 is 1.50 bits per heavy atom. The van der Waals surface area contributed by atoms with Gasteiger partial charge in [0.15, 0.2) is 0 Å². The topological polar surface area (TPSA) is 50.8 Å². The molecule has 0 fully saturated rings. The molecule has 0 aliphatic heterocycles. The minimum atomic E-state index is -3.29. The largest absolute Gasteiger partial charge is 0.405 e. The molecule has 0 radical (unpaired) electrons. The Bertz CT molecular complexity index is 445. The van der Waals surface area contributed by atoms with E-state index in [2.05, 4.69) is 51.5 Å². The number of likely N-dealkylation sites (N-methyl/N-ethyl adjacent to an activating group) is 1. The molecule has 0 heterocycles. The standard InChI is InChI=1S/C28H61N2O3P/c1-7-11-13-15-17-19-21-27(5)25-32-34(31,29-23-24-30(9-3)10-4)33-26-28(6)22-20-18-16-14-12-8-2/h27-28H,7-26H2,1-6H3,(H,29,31). The van der Waals surface area contributed by atoms with Gasteiger partial charge in [0.25, 0.3) is 0 Å². The highest BCUT2D eigenvalue weighted by molar-refractivity contribution is 7.51. The molecule has 0 aromatic carbocycles. The Morgan fingerprint density at radius 2 is 1.09 bits per heavy atom. The highest BCUT2D eigenvalue weighted by Crippen LogP contribution is 2.44. The van der Waals surface area contributed by atoms with Gasteiger partial charge >= 0.3 is 7.75 Å². The molecule has 34 heavy (non-hydrogen) atoms. The third-order valence-corrected chi connectivity index (χ3v) is 8.38. The first-order valence-corrected chi connectivity index (χ1v) is 16.3. The first-order chi connectivity index (χ1) is 16.4. The van der Waals surface area contributed by atoms with Crippen LogP contribution in [0, 0.1) is 11.8 Å². The summed E-state index contributed by atoms with van der Waals surface area (Å²) in [5.41, 5.74) is 0. The summed E-state index contributed by atoms with van der Waals surface area (Å²) < 4.78 is 25.4. The Morgan fingerprint density at radius 1 is 0.676 bits per heavy atom. The molecule has 2 unspecified atom stereocenters. The summed E-state index contributed by atoms with van der Waals surface area (Å²) >= 11 is 0. The van der Waals surface area contributed by atoms with Gasteiger partial charge in [-0.25, -0.2) is 9.65 Å². The lowest BCUT2D eigenvalue weighted by atomic mass is 10.0. The van der Waals surface area contributed by atoms with Crippen LogP contribution in [0.3, 0.4) is 0 Å². The molecule has 1 N–H and O–H groups in total. The van der Waals surface area contributed by atoms with E-state index in [0.717, 1.165) is 32.5 Å². The van der Waals surface area contributed by atoms with E-state index in [1.807, 2.05) is 0 Å². The van der Waals surface area contributed by atoms with E-state index in [1.54, 1.807) is 0 Å². The average Bonchev–Trinajstić information content (AvgIpc) is 2.84. The van der Waals surface area contributed by atoms with E-state index in [4.69, 9.17) is 9.05 Å². The summed E-state index contributed by atoms with van der Waals surface area (Å²) in [5.74, 6) is 0.793. The lowest BCUT2D eigenvalue weighted by Gasteiger charge is -2.24. The summed E-state index contributed by atoms with van der Waals surface area (Å²) in [6.07, 6.45) is 17.9. The first-order valence-electron chi connectivity index (χ1n) is 14.8. The van der Waals surface area contributed by atoms with Crippen molar-refractivity contribution >= 4 is 7.75 Å². The van der Waals surface area contributed by atoms with E-state index in [9.17, 15) is 4.57 Å². The Balaban J connectivity index is 4.46. The summed E-state index contributed by atoms with van der Waals surface area (Å²) in [7, 11) is -3.29. The molecule has 0 saturated carbocycles. The molecule has 0 aliphatic rings. The quantitative estimate of drug-likeness (QED) is 0.0942. The summed E-state index contributed by atoms with van der Waals surface area (Å²) in [6, 6.07) is 0. The average molecular weight is 505 g/mol. The first kappa shape index (κ1) is 34.1. The van der Waals surface area contributed by atoms with Gasteiger partial charge < -0.3 is 4.90 Å². The van der Waals surface area contributed by atoms with Gasteiger partial charge in [0, 0.05) is 13.1 Å². The number of nitrogens with one attached hydrogen (secondary N) is 1. The van der Waals surface area contributed by atoms with Gasteiger partial charge in [-0.1, -0.05) is 119 Å². The molecule has 5 nitrogen and oxygen atoms in total. The second-order valence-corrected chi connectivity index (χ2v) is 12.2. The Kier molecular flexibility index (Phi) is 23.5. The molecule has 0 bridgehead atoms. The van der Waals surface area contributed by atoms with Crippen LogP contribution in [0.1, 0.15) is 131 Å². The van der Waals surface area contributed by atoms with E-state index in [1.165, 1.54) is 77.0 Å². The molecule has 206 valence electrons. The van der Waals surface area contributed by atoms with Crippen molar-refractivity contribution in [2.24, 2.45) is 11.8 Å². The van der Waals surface area contributed by atoms with Crippen LogP contribution in [0.2, 0.25) is 0 Å². The molecule has 0 aromatic heterocycles. The van der Waals surface area contributed by atoms with E-state index >= 15 is 0 Å². The molecule has 0 rings (SSSR count). The van der Waals surface area contributed by atoms with Crippen LogP contribution in [0.5, 0.6) is 0 Å². The molecule has 0 aromatic rings. The predicted octanol–water partition coefficient (Wildman–Crippen LogP) is 8.83. The SMILES string of the molecule is CCCCCCCCC(C)COP(=O)(NCCN(CC)CC)OCC(C)CCCCCCCC. The van der Waals surface area contributed by atoms with Gasteiger partial charge in [-0.05, 0) is 37.8 Å². The maximum absolute atomic E-state index is 13.5. The van der Waals surface area contributed by atoms with Crippen LogP contribution in [0.4, 0.5) is 0 Å². The number of nitrogens with zero attached hydrogens (tertiary/aromatic N) is 1. The molecule has 0 saturated heterocycles. The lowest BCUT2D eigenvalue weighted by molar-refractivity contribution is 0.153. The van der Waals surface area contributed by atoms with Gasteiger partial charge in [0.1, 0.15) is 0 Å². The molecular weight excluding hydrogens is 443 g/mol. The van der Waals surface area contributed by atoms with Crippen LogP contribution < -0.4 is 5.09 Å². The number of hydrogen-bond donors (Lipinski definition) is 1. The monoisotopic (exact) mass is 504 g/mol. The molecule has 0 spiro atoms. The third-order valence-electron chi connectivity index (χ3n) is 6.79. The van der Waals surface area contributed by atoms with Gasteiger partial charge in [0.05, 0.1) is 13.2 Å². The van der Waals surface area contributed by atoms with Crippen molar-refractivity contribution < 1.29 is 13.6 Å². The summed E-state index contributed by atoms with van der Waals surface area (Å²) in [4.78, 5) is 2.32. The van der Waals surface area contributed by atoms with Crippen LogP contribution in [-0.4, -0.2) is 44.3 Å². The fraction of sp³-hybridized carbons (Fsp3) is 1.00. The zero-order chi connectivity index (χ0) is 25.5. The number of rotatable bonds is 26. The van der Waals surface area contributed by atoms with Gasteiger partial charge in [-0.2, -0.15) is 0 Å². The van der Waals surface area contributed by atoms with Crippen LogP contribution in [0.25, 0.3) is 0 Å². The van der Waals surface area contributed by atoms with Crippen molar-refractivity contribution in [2.45, 2.75) is 131 Å². The minimum absolute atomic E-state index is 0.397. The molecule has 0 amide bonds. The van der Waals surface area contributed by atoms with Gasteiger partial charge in [-0.15, -0.1) is 0 Å². The fourth-order valence-electron chi connectivity index (χ4n) is 4.18. The zero-order valence-corrected chi connectivity index (χ0v) is 24.8. The number of hydrogen-bond acceptors (Lipinski definition) is 4. The molecular formula is C28H61N2O3P. The maximum atomic E-state index is 13.5. The van der Waals surface area contributed by atoms with Crippen LogP contribution >= 0.6 is 7.75 Å². The summed E-state index contributed by atoms with van der Waals surface area (Å²) in [5, 5.41) is 3.16. The fourth-order valence-corrected chi connectivity index (χ4v) is 5.71. The lowest BCUT2D eigenvalue weighted by Crippen LogP contribution is -2.31. The Hall–Kier alpha value is 0.0700. The highest BCUT2D eigenvalue weighted by atomic mass is 31.2. The van der Waals surface area contributed by atoms with Gasteiger partial charge in [-0.3, -0.25) is 9.05 Å². The molecule has 6 heteroatoms. The smallest absolute Gasteiger partial charge is 0.303 e. The van der Waals surface area contributed by atoms with Crippen molar-refractivity contribution in [3.8, 4) is 0 Å². The Labute approximate surface area is 214 Å². The van der Waals surface area contributed by atoms with Crippen molar-refractivity contribution in [1.82, 2.24) is 9.99 Å². The van der Waals surface area contributed by atoms with Crippen molar-refractivity contribution in [3.63, 3.8) is 0 Å². The van der Waals surface area contributed by atoms with Crippen LogP contribution in [-0.2, 0) is 13.6 Å². The zero-order valence-electron chi connectivity index (χ0n) is 23.9. The van der Waals surface area contributed by atoms with E-state index < -0.39 is 7.75 Å². The minimum Gasteiger partial charge on any atom is -0.303 e. The summed E-state index contributed by atoms with van der Waals surface area (Å²) in [6.45, 7) is 17.7. The van der Waals surface area contributed by atoms with Crippen molar-refractivity contribution in [2.75, 3.05) is 39.4 Å². The third kappa shape index (κ3) is 20.3. The van der Waals surface area contributed by atoms with Crippen molar-refractivity contribution in [1.29, 1.82) is 0 Å². The number of unbranched alkanes of at least 4 members (excludes halogenated alkanes) is 10. The molecule has 0 aliphatic carbocycles. The molecule has 2 atom stereocenters. The highest BCUT2D eigenvalue weighted by Gasteiger charge is 2.26. The predicted molar refractivity (Wildman–Crippen MR) is 150 cm³/mol. The van der Waals surface area contributed by atoms with Crippen LogP contribution in [0.15, 0.2) is 0 Å². The second kappa shape index (κ2) is 23.5. The van der Waals surface area contributed by atoms with Crippen molar-refractivity contribution in [3.05, 3.63) is 0 Å². The van der Waals surface area contributed by atoms with E-state index in [0.29, 0.717) is 31.6 Å². The maximum Gasteiger partial charge on any atom is 0.405 e. The normalized spacial score (nSPS) is 15.5. The van der Waals surface area contributed by atoms with E-state index in [-0.39, 0.29) is 0 Å². The van der Waals surface area contributed by atoms with Gasteiger partial charge in [0.2, 0.25) is 0 Å².